The first-order valence-electron chi connectivity index (χ1n) is 10.3. The van der Waals surface area contributed by atoms with Crippen LogP contribution in [0.15, 0.2) is 67.4 Å². The Hall–Kier alpha value is -4.02. The number of nitrogens with one attached hydrogen (secondary N) is 2. The first-order valence-corrected chi connectivity index (χ1v) is 10.7. The standard InChI is InChI=1S/C23H22ClN7O3/c1-15(33-2)21-19(12-25-13-20(21)34-14-16-6-4-3-5-7-16)30-23(32)29-17-10-18(24)22(26-11-17)31-27-8-9-28-31/h3-13,15H,14H2,1-2H3,(H2,29,30,32). The van der Waals surface area contributed by atoms with Gasteiger partial charge in [0.25, 0.3) is 0 Å². The maximum Gasteiger partial charge on any atom is 0.323 e. The molecule has 0 fully saturated rings. The van der Waals surface area contributed by atoms with Crippen LogP contribution in [0.4, 0.5) is 16.2 Å². The predicted molar refractivity (Wildman–Crippen MR) is 127 cm³/mol. The van der Waals surface area contributed by atoms with Crippen molar-refractivity contribution in [3.8, 4) is 11.6 Å². The van der Waals surface area contributed by atoms with E-state index in [0.29, 0.717) is 35.1 Å². The van der Waals surface area contributed by atoms with Crippen LogP contribution in [0.3, 0.4) is 0 Å². The van der Waals surface area contributed by atoms with Crippen molar-refractivity contribution in [2.45, 2.75) is 19.6 Å². The van der Waals surface area contributed by atoms with Crippen LogP contribution < -0.4 is 15.4 Å². The topological polar surface area (TPSA) is 116 Å². The molecule has 4 rings (SSSR count). The number of benzene rings is 1. The molecule has 2 N–H and O–H groups in total. The highest BCUT2D eigenvalue weighted by Gasteiger charge is 2.19. The van der Waals surface area contributed by atoms with Crippen molar-refractivity contribution in [1.82, 2.24) is 25.0 Å². The van der Waals surface area contributed by atoms with E-state index in [1.54, 1.807) is 19.4 Å². The second-order valence-electron chi connectivity index (χ2n) is 7.18. The number of carbonyl (C=O) groups is 1. The third-order valence-corrected chi connectivity index (χ3v) is 5.16. The highest BCUT2D eigenvalue weighted by atomic mass is 35.5. The SMILES string of the molecule is COC(C)c1c(NC(=O)Nc2cnc(-n3nccn3)c(Cl)c2)cncc1OCc1ccccc1. The van der Waals surface area contributed by atoms with E-state index in [4.69, 9.17) is 21.1 Å². The van der Waals surface area contributed by atoms with E-state index >= 15 is 0 Å². The van der Waals surface area contributed by atoms with Crippen molar-refractivity contribution >= 4 is 29.0 Å². The zero-order chi connectivity index (χ0) is 23.9. The van der Waals surface area contributed by atoms with Crippen molar-refractivity contribution < 1.29 is 14.3 Å². The van der Waals surface area contributed by atoms with Gasteiger partial charge in [-0.15, -0.1) is 4.80 Å². The van der Waals surface area contributed by atoms with Crippen LogP contribution in [-0.4, -0.2) is 38.1 Å². The number of rotatable bonds is 8. The molecule has 34 heavy (non-hydrogen) atoms. The van der Waals surface area contributed by atoms with Crippen LogP contribution >= 0.6 is 11.6 Å². The number of methoxy groups -OCH3 is 1. The lowest BCUT2D eigenvalue weighted by molar-refractivity contribution is 0.116. The van der Waals surface area contributed by atoms with E-state index < -0.39 is 6.03 Å². The molecule has 0 aliphatic heterocycles. The summed E-state index contributed by atoms with van der Waals surface area (Å²) in [5.41, 5.74) is 2.52. The number of urea groups is 1. The van der Waals surface area contributed by atoms with Gasteiger partial charge >= 0.3 is 6.03 Å². The van der Waals surface area contributed by atoms with Crippen molar-refractivity contribution in [2.75, 3.05) is 17.7 Å². The number of amides is 2. The van der Waals surface area contributed by atoms with Crippen molar-refractivity contribution in [3.05, 3.63) is 83.5 Å². The zero-order valence-corrected chi connectivity index (χ0v) is 19.2. The van der Waals surface area contributed by atoms with Crippen LogP contribution in [0.1, 0.15) is 24.2 Å². The lowest BCUT2D eigenvalue weighted by Crippen LogP contribution is -2.21. The van der Waals surface area contributed by atoms with E-state index in [9.17, 15) is 4.79 Å². The number of pyridine rings is 2. The Labute approximate surface area is 200 Å². The van der Waals surface area contributed by atoms with Crippen molar-refractivity contribution in [2.24, 2.45) is 0 Å². The van der Waals surface area contributed by atoms with Crippen LogP contribution in [-0.2, 0) is 11.3 Å². The average Bonchev–Trinajstić information content (AvgIpc) is 3.37. The maximum atomic E-state index is 12.7. The van der Waals surface area contributed by atoms with Crippen molar-refractivity contribution in [1.29, 1.82) is 0 Å². The van der Waals surface area contributed by atoms with Gasteiger partial charge in [0.2, 0.25) is 0 Å². The summed E-state index contributed by atoms with van der Waals surface area (Å²) in [7, 11) is 1.58. The quantitative estimate of drug-likeness (QED) is 0.378. The van der Waals surface area contributed by atoms with Crippen LogP contribution in [0, 0.1) is 0 Å². The van der Waals surface area contributed by atoms with Crippen LogP contribution in [0.25, 0.3) is 5.82 Å². The van der Waals surface area contributed by atoms with E-state index in [1.165, 1.54) is 29.6 Å². The average molecular weight is 480 g/mol. The molecule has 3 aromatic heterocycles. The van der Waals surface area contributed by atoms with Gasteiger partial charge in [0, 0.05) is 12.7 Å². The second kappa shape index (κ2) is 10.7. The molecule has 2 amide bonds. The molecule has 4 aromatic rings. The normalized spacial score (nSPS) is 11.6. The molecule has 0 saturated carbocycles. The fourth-order valence-electron chi connectivity index (χ4n) is 3.19. The molecule has 10 nitrogen and oxygen atoms in total. The molecule has 0 spiro atoms. The lowest BCUT2D eigenvalue weighted by Gasteiger charge is -2.20. The van der Waals surface area contributed by atoms with E-state index in [1.807, 2.05) is 37.3 Å². The number of hydrogen-bond acceptors (Lipinski definition) is 7. The Bertz CT molecular complexity index is 1250. The van der Waals surface area contributed by atoms with Gasteiger partial charge in [-0.3, -0.25) is 4.98 Å². The zero-order valence-electron chi connectivity index (χ0n) is 18.5. The maximum absolute atomic E-state index is 12.7. The molecule has 1 atom stereocenters. The second-order valence-corrected chi connectivity index (χ2v) is 7.59. The van der Waals surface area contributed by atoms with Gasteiger partial charge in [0.05, 0.1) is 53.5 Å². The molecule has 3 heterocycles. The Balaban J connectivity index is 1.50. The highest BCUT2D eigenvalue weighted by Crippen LogP contribution is 2.34. The fourth-order valence-corrected chi connectivity index (χ4v) is 3.44. The van der Waals surface area contributed by atoms with E-state index in [0.717, 1.165) is 5.56 Å². The Kier molecular flexibility index (Phi) is 7.31. The summed E-state index contributed by atoms with van der Waals surface area (Å²) < 4.78 is 11.5. The Morgan fingerprint density at radius 2 is 1.88 bits per heavy atom. The number of aromatic nitrogens is 5. The van der Waals surface area contributed by atoms with Gasteiger partial charge in [-0.2, -0.15) is 10.2 Å². The molecule has 0 aliphatic carbocycles. The first-order chi connectivity index (χ1) is 16.5. The van der Waals surface area contributed by atoms with Gasteiger partial charge < -0.3 is 20.1 Å². The summed E-state index contributed by atoms with van der Waals surface area (Å²) in [6, 6.07) is 10.8. The third kappa shape index (κ3) is 5.48. The summed E-state index contributed by atoms with van der Waals surface area (Å²) in [4.78, 5) is 22.5. The molecule has 11 heteroatoms. The highest BCUT2D eigenvalue weighted by molar-refractivity contribution is 6.32. The van der Waals surface area contributed by atoms with E-state index in [-0.39, 0.29) is 11.1 Å². The van der Waals surface area contributed by atoms with Gasteiger partial charge in [-0.05, 0) is 18.6 Å². The molecule has 0 saturated heterocycles. The van der Waals surface area contributed by atoms with E-state index in [2.05, 4.69) is 30.8 Å². The monoisotopic (exact) mass is 479 g/mol. The number of anilines is 2. The molecular weight excluding hydrogens is 458 g/mol. The summed E-state index contributed by atoms with van der Waals surface area (Å²) in [6.45, 7) is 2.21. The Morgan fingerprint density at radius 1 is 1.12 bits per heavy atom. The molecule has 174 valence electrons. The third-order valence-electron chi connectivity index (χ3n) is 4.88. The minimum Gasteiger partial charge on any atom is -0.487 e. The minimum absolute atomic E-state index is 0.278. The van der Waals surface area contributed by atoms with Gasteiger partial charge in [0.15, 0.2) is 5.82 Å². The summed E-state index contributed by atoms with van der Waals surface area (Å²) in [5, 5.41) is 13.8. The van der Waals surface area contributed by atoms with Gasteiger partial charge in [-0.25, -0.2) is 9.78 Å². The van der Waals surface area contributed by atoms with Gasteiger partial charge in [0.1, 0.15) is 12.4 Å². The van der Waals surface area contributed by atoms with Crippen LogP contribution in [0.2, 0.25) is 5.02 Å². The Morgan fingerprint density at radius 3 is 2.59 bits per heavy atom. The lowest BCUT2D eigenvalue weighted by atomic mass is 10.1. The predicted octanol–water partition coefficient (Wildman–Crippen LogP) is 4.64. The molecule has 0 bridgehead atoms. The molecule has 1 unspecified atom stereocenters. The molecule has 0 aliphatic rings. The number of hydrogen-bond donors (Lipinski definition) is 2. The smallest absolute Gasteiger partial charge is 0.323 e. The van der Waals surface area contributed by atoms with Crippen molar-refractivity contribution in [3.63, 3.8) is 0 Å². The largest absolute Gasteiger partial charge is 0.487 e. The molecule has 0 radical (unpaired) electrons. The molecule has 1 aromatic carbocycles. The summed E-state index contributed by atoms with van der Waals surface area (Å²) in [5.74, 6) is 0.859. The number of halogens is 1. The number of nitrogens with zero attached hydrogens (tertiary/aromatic N) is 5. The minimum atomic E-state index is -0.505. The number of carbonyl (C=O) groups excluding carboxylic acids is 1. The fraction of sp³-hybridized carbons (Fsp3) is 0.174. The molecular formula is C23H22ClN7O3. The van der Waals surface area contributed by atoms with Gasteiger partial charge in [-0.1, -0.05) is 41.9 Å². The van der Waals surface area contributed by atoms with Crippen LogP contribution in [0.5, 0.6) is 5.75 Å². The summed E-state index contributed by atoms with van der Waals surface area (Å²) in [6.07, 6.45) is 7.27. The first kappa shape index (κ1) is 23.1. The summed E-state index contributed by atoms with van der Waals surface area (Å²) >= 11 is 6.28. The number of ether oxygens (including phenoxy) is 2.